The maximum Gasteiger partial charge on any atom is 0.192 e. The Morgan fingerprint density at radius 2 is 1.80 bits per heavy atom. The molecule has 188 valence electrons. The van der Waals surface area contributed by atoms with Gasteiger partial charge in [0.2, 0.25) is 0 Å². The highest BCUT2D eigenvalue weighted by atomic mass is 32.2. The predicted molar refractivity (Wildman–Crippen MR) is 144 cm³/mol. The summed E-state index contributed by atoms with van der Waals surface area (Å²) in [7, 11) is -1.83. The van der Waals surface area contributed by atoms with Crippen molar-refractivity contribution in [3.05, 3.63) is 65.7 Å². The first kappa shape index (κ1) is 25.9. The largest absolute Gasteiger partial charge is 0.488 e. The molecule has 2 aromatic carbocycles. The zero-order chi connectivity index (χ0) is 25.3. The van der Waals surface area contributed by atoms with Crippen LogP contribution in [0.15, 0.2) is 48.5 Å². The molecule has 0 saturated carbocycles. The number of para-hydroxylation sites is 1. The summed E-state index contributed by atoms with van der Waals surface area (Å²) in [5.74, 6) is 3.27. The molecule has 0 N–H and O–H groups in total. The van der Waals surface area contributed by atoms with E-state index < -0.39 is 8.32 Å². The topological polar surface area (TPSA) is 49.2 Å². The molecule has 8 heteroatoms. The molecule has 35 heavy (non-hydrogen) atoms. The van der Waals surface area contributed by atoms with Crippen molar-refractivity contribution in [2.75, 3.05) is 12.4 Å². The molecule has 0 radical (unpaired) electrons. The van der Waals surface area contributed by atoms with Gasteiger partial charge in [0.15, 0.2) is 14.1 Å². The highest BCUT2D eigenvalue weighted by Gasteiger charge is 2.40. The minimum atomic E-state index is -1.83. The van der Waals surface area contributed by atoms with Gasteiger partial charge in [0.25, 0.3) is 0 Å². The molecule has 1 aliphatic rings. The second-order valence-corrected chi connectivity index (χ2v) is 17.5. The minimum absolute atomic E-state index is 0.0489. The first-order valence-electron chi connectivity index (χ1n) is 12.1. The van der Waals surface area contributed by atoms with E-state index in [1.165, 1.54) is 12.1 Å². The smallest absolute Gasteiger partial charge is 0.192 e. The van der Waals surface area contributed by atoms with Crippen molar-refractivity contribution in [3.8, 4) is 17.1 Å². The number of fused-ring (bicyclic) bond motifs is 1. The van der Waals surface area contributed by atoms with Crippen molar-refractivity contribution in [3.63, 3.8) is 0 Å². The van der Waals surface area contributed by atoms with Gasteiger partial charge in [0.1, 0.15) is 24.0 Å². The highest BCUT2D eigenvalue weighted by Crippen LogP contribution is 2.40. The monoisotopic (exact) mass is 513 g/mol. The Kier molecular flexibility index (Phi) is 7.45. The van der Waals surface area contributed by atoms with Crippen molar-refractivity contribution >= 4 is 20.1 Å². The number of hydrogen-bond acceptors (Lipinski definition) is 5. The molecular formula is C27H36FN3O2SSi. The van der Waals surface area contributed by atoms with Crippen molar-refractivity contribution in [2.24, 2.45) is 0 Å². The molecule has 1 aliphatic heterocycles. The van der Waals surface area contributed by atoms with Gasteiger partial charge in [-0.25, -0.2) is 4.39 Å². The molecule has 1 atom stereocenters. The molecule has 0 saturated heterocycles. The van der Waals surface area contributed by atoms with Gasteiger partial charge in [-0.15, -0.1) is 10.2 Å². The molecule has 3 aromatic rings. The van der Waals surface area contributed by atoms with Crippen LogP contribution < -0.4 is 4.74 Å². The lowest BCUT2D eigenvalue weighted by atomic mass is 10.1. The lowest BCUT2D eigenvalue weighted by Crippen LogP contribution is -2.45. The number of benzene rings is 2. The van der Waals surface area contributed by atoms with Gasteiger partial charge in [-0.2, -0.15) is 11.8 Å². The molecule has 4 rings (SSSR count). The van der Waals surface area contributed by atoms with Crippen molar-refractivity contribution in [2.45, 2.75) is 70.1 Å². The molecule has 0 spiro atoms. The number of aromatic nitrogens is 3. The number of nitrogens with zero attached hydrogens (tertiary/aromatic N) is 3. The van der Waals surface area contributed by atoms with Crippen LogP contribution in [0.5, 0.6) is 5.75 Å². The fourth-order valence-corrected chi connectivity index (χ4v) is 6.19. The number of ether oxygens (including phenoxy) is 1. The minimum Gasteiger partial charge on any atom is -0.488 e. The third kappa shape index (κ3) is 5.98. The highest BCUT2D eigenvalue weighted by molar-refractivity contribution is 8.00. The fourth-order valence-electron chi connectivity index (χ4n) is 3.83. The van der Waals surface area contributed by atoms with Gasteiger partial charge in [-0.3, -0.25) is 0 Å². The zero-order valence-electron chi connectivity index (χ0n) is 21.6. The number of rotatable bonds is 7. The van der Waals surface area contributed by atoms with Gasteiger partial charge < -0.3 is 13.7 Å². The first-order valence-corrected chi connectivity index (χ1v) is 16.0. The van der Waals surface area contributed by atoms with Crippen LogP contribution >= 0.6 is 11.8 Å². The van der Waals surface area contributed by atoms with Crippen molar-refractivity contribution in [1.29, 1.82) is 0 Å². The van der Waals surface area contributed by atoms with E-state index in [2.05, 4.69) is 55.6 Å². The SMILES string of the molecule is CC1(CO[Si](C)(C)C(C)(C)C)Cc2nnc(-c3ccccc3OCc3ccc(F)cc3)n2CCS1. The van der Waals surface area contributed by atoms with Crippen LogP contribution in [-0.4, -0.2) is 40.2 Å². The van der Waals surface area contributed by atoms with Crippen LogP contribution in [0.2, 0.25) is 18.1 Å². The summed E-state index contributed by atoms with van der Waals surface area (Å²) in [6.07, 6.45) is 0.803. The average molecular weight is 514 g/mol. The van der Waals surface area contributed by atoms with Crippen molar-refractivity contribution < 1.29 is 13.6 Å². The van der Waals surface area contributed by atoms with Gasteiger partial charge in [-0.05, 0) is 54.9 Å². The third-order valence-electron chi connectivity index (χ3n) is 7.10. The van der Waals surface area contributed by atoms with E-state index in [0.29, 0.717) is 13.2 Å². The molecular weight excluding hydrogens is 477 g/mol. The van der Waals surface area contributed by atoms with Gasteiger partial charge >= 0.3 is 0 Å². The predicted octanol–water partition coefficient (Wildman–Crippen LogP) is 6.73. The van der Waals surface area contributed by atoms with Crippen molar-refractivity contribution in [1.82, 2.24) is 14.8 Å². The summed E-state index contributed by atoms with van der Waals surface area (Å²) in [5.41, 5.74) is 1.83. The molecule has 1 aromatic heterocycles. The number of thioether (sulfide) groups is 1. The Morgan fingerprint density at radius 1 is 1.09 bits per heavy atom. The molecule has 0 aliphatic carbocycles. The standard InChI is InChI=1S/C27H36FN3O2SSi/c1-26(2,3)35(5,6)33-19-27(4)17-24-29-30-25(31(24)15-16-34-27)22-9-7-8-10-23(22)32-18-20-11-13-21(28)14-12-20/h7-14H,15-19H2,1-6H3. The summed E-state index contributed by atoms with van der Waals surface area (Å²) in [5, 5.41) is 9.39. The quantitative estimate of drug-likeness (QED) is 0.328. The zero-order valence-corrected chi connectivity index (χ0v) is 23.4. The van der Waals surface area contributed by atoms with Crippen LogP contribution in [0.25, 0.3) is 11.4 Å². The molecule has 0 amide bonds. The Hall–Kier alpha value is -2.16. The Balaban J connectivity index is 1.53. The first-order chi connectivity index (χ1) is 16.5. The van der Waals surface area contributed by atoms with E-state index >= 15 is 0 Å². The van der Waals surface area contributed by atoms with E-state index in [4.69, 9.17) is 9.16 Å². The molecule has 1 unspecified atom stereocenters. The Labute approximate surface area is 213 Å². The fraction of sp³-hybridized carbons (Fsp3) is 0.481. The summed E-state index contributed by atoms with van der Waals surface area (Å²) in [6, 6.07) is 14.3. The summed E-state index contributed by atoms with van der Waals surface area (Å²) < 4.78 is 28.2. The van der Waals surface area contributed by atoms with Crippen LogP contribution in [0.3, 0.4) is 0 Å². The maximum absolute atomic E-state index is 13.2. The number of hydrogen-bond donors (Lipinski definition) is 0. The van der Waals surface area contributed by atoms with Crippen LogP contribution in [0, 0.1) is 5.82 Å². The van der Waals surface area contributed by atoms with Crippen LogP contribution in [0.4, 0.5) is 4.39 Å². The normalized spacial score (nSPS) is 18.7. The summed E-state index contributed by atoms with van der Waals surface area (Å²) >= 11 is 1.96. The molecule has 0 fully saturated rings. The lowest BCUT2D eigenvalue weighted by molar-refractivity contribution is 0.252. The Morgan fingerprint density at radius 3 is 2.51 bits per heavy atom. The van der Waals surface area contributed by atoms with Gasteiger partial charge in [0, 0.05) is 30.1 Å². The second kappa shape index (κ2) is 10.1. The van der Waals surface area contributed by atoms with E-state index in [9.17, 15) is 4.39 Å². The lowest BCUT2D eigenvalue weighted by Gasteiger charge is -2.39. The summed E-state index contributed by atoms with van der Waals surface area (Å²) in [6.45, 7) is 15.6. The Bertz CT molecular complexity index is 1160. The van der Waals surface area contributed by atoms with E-state index in [-0.39, 0.29) is 15.6 Å². The van der Waals surface area contributed by atoms with E-state index in [1.54, 1.807) is 12.1 Å². The van der Waals surface area contributed by atoms with E-state index in [0.717, 1.165) is 47.2 Å². The second-order valence-electron chi connectivity index (χ2n) is 11.0. The molecule has 2 heterocycles. The molecule has 0 bridgehead atoms. The third-order valence-corrected chi connectivity index (χ3v) is 12.9. The van der Waals surface area contributed by atoms with Crippen LogP contribution in [-0.2, 0) is 24.0 Å². The van der Waals surface area contributed by atoms with E-state index in [1.807, 2.05) is 36.0 Å². The maximum atomic E-state index is 13.2. The molecule has 5 nitrogen and oxygen atoms in total. The van der Waals surface area contributed by atoms with Gasteiger partial charge in [-0.1, -0.05) is 45.0 Å². The summed E-state index contributed by atoms with van der Waals surface area (Å²) in [4.78, 5) is 0. The number of halogens is 1. The average Bonchev–Trinajstić information content (AvgIpc) is 3.10. The van der Waals surface area contributed by atoms with Crippen LogP contribution in [0.1, 0.15) is 39.1 Å². The van der Waals surface area contributed by atoms with Gasteiger partial charge in [0.05, 0.1) is 5.56 Å².